The number of hydrogen-bond donors (Lipinski definition) is 2. The highest BCUT2D eigenvalue weighted by molar-refractivity contribution is 5.66. The molecule has 0 atom stereocenters. The number of rotatable bonds is 4. The molecule has 0 saturated carbocycles. The molecule has 2 rings (SSSR count). The molecule has 0 aliphatic carbocycles. The molecule has 0 spiro atoms. The summed E-state index contributed by atoms with van der Waals surface area (Å²) in [5.74, 6) is -0.323. The van der Waals surface area contributed by atoms with Crippen molar-refractivity contribution in [1.82, 2.24) is 4.98 Å². The molecule has 0 unspecified atom stereocenters. The van der Waals surface area contributed by atoms with Gasteiger partial charge in [0.25, 0.3) is 0 Å². The summed E-state index contributed by atoms with van der Waals surface area (Å²) in [4.78, 5) is 4.02. The third-order valence-corrected chi connectivity index (χ3v) is 2.48. The lowest BCUT2D eigenvalue weighted by atomic mass is 10.2. The molecule has 1 aromatic carbocycles. The molecule has 3 nitrogen and oxygen atoms in total. The maximum absolute atomic E-state index is 13.4. The minimum Gasteiger partial charge on any atom is -0.397 e. The topological polar surface area (TPSA) is 50.9 Å². The van der Waals surface area contributed by atoms with E-state index in [0.29, 0.717) is 17.9 Å². The van der Waals surface area contributed by atoms with Crippen LogP contribution in [0.3, 0.4) is 0 Å². The van der Waals surface area contributed by atoms with E-state index in [1.807, 2.05) is 12.1 Å². The van der Waals surface area contributed by atoms with Crippen molar-refractivity contribution in [3.8, 4) is 0 Å². The summed E-state index contributed by atoms with van der Waals surface area (Å²) in [6, 6.07) is 8.53. The molecular formula is C13H14FN3. The summed E-state index contributed by atoms with van der Waals surface area (Å²) in [6.45, 7) is 0.622. The van der Waals surface area contributed by atoms with Gasteiger partial charge in [-0.25, -0.2) is 4.39 Å². The number of nitrogen functional groups attached to an aromatic ring is 1. The van der Waals surface area contributed by atoms with E-state index in [1.165, 1.54) is 6.07 Å². The second-order valence-corrected chi connectivity index (χ2v) is 3.74. The van der Waals surface area contributed by atoms with Crippen LogP contribution < -0.4 is 11.1 Å². The lowest BCUT2D eigenvalue weighted by molar-refractivity contribution is 0.630. The van der Waals surface area contributed by atoms with E-state index in [0.717, 1.165) is 12.0 Å². The highest BCUT2D eigenvalue weighted by Crippen LogP contribution is 2.21. The first-order valence-electron chi connectivity index (χ1n) is 5.44. The van der Waals surface area contributed by atoms with Crippen LogP contribution in [0.5, 0.6) is 0 Å². The molecule has 17 heavy (non-hydrogen) atoms. The van der Waals surface area contributed by atoms with Gasteiger partial charge in [-0.1, -0.05) is 12.1 Å². The summed E-state index contributed by atoms with van der Waals surface area (Å²) < 4.78 is 13.4. The Labute approximate surface area is 99.5 Å². The fourth-order valence-corrected chi connectivity index (χ4v) is 1.61. The highest BCUT2D eigenvalue weighted by atomic mass is 19.1. The highest BCUT2D eigenvalue weighted by Gasteiger charge is 2.04. The van der Waals surface area contributed by atoms with E-state index in [1.54, 1.807) is 24.5 Å². The van der Waals surface area contributed by atoms with Crippen molar-refractivity contribution in [1.29, 1.82) is 0 Å². The van der Waals surface area contributed by atoms with Crippen LogP contribution in [0.1, 0.15) is 5.56 Å². The minimum atomic E-state index is -0.323. The van der Waals surface area contributed by atoms with Crippen molar-refractivity contribution in [2.75, 3.05) is 17.6 Å². The monoisotopic (exact) mass is 231 g/mol. The number of nitrogens with two attached hydrogens (primary N) is 1. The van der Waals surface area contributed by atoms with Crippen molar-refractivity contribution in [2.45, 2.75) is 6.42 Å². The Balaban J connectivity index is 1.95. The van der Waals surface area contributed by atoms with Gasteiger partial charge in [0.15, 0.2) is 0 Å². The van der Waals surface area contributed by atoms with E-state index in [4.69, 9.17) is 5.73 Å². The first-order chi connectivity index (χ1) is 8.27. The van der Waals surface area contributed by atoms with Crippen LogP contribution in [0.15, 0.2) is 42.7 Å². The molecule has 0 amide bonds. The van der Waals surface area contributed by atoms with Crippen LogP contribution in [-0.4, -0.2) is 11.5 Å². The van der Waals surface area contributed by atoms with E-state index in [2.05, 4.69) is 10.3 Å². The minimum absolute atomic E-state index is 0.323. The predicted octanol–water partition coefficient (Wildman–Crippen LogP) is 2.46. The molecule has 0 fully saturated rings. The Kier molecular flexibility index (Phi) is 3.55. The Morgan fingerprint density at radius 3 is 2.82 bits per heavy atom. The van der Waals surface area contributed by atoms with Gasteiger partial charge < -0.3 is 11.1 Å². The number of aromatic nitrogens is 1. The van der Waals surface area contributed by atoms with E-state index < -0.39 is 0 Å². The zero-order chi connectivity index (χ0) is 12.1. The maximum atomic E-state index is 13.4. The molecule has 4 heteroatoms. The number of hydrogen-bond acceptors (Lipinski definition) is 3. The first kappa shape index (κ1) is 11.4. The van der Waals surface area contributed by atoms with Crippen LogP contribution in [0, 0.1) is 5.82 Å². The van der Waals surface area contributed by atoms with Gasteiger partial charge in [0.05, 0.1) is 11.4 Å². The van der Waals surface area contributed by atoms with E-state index >= 15 is 0 Å². The number of halogens is 1. The molecule has 0 aliphatic rings. The largest absolute Gasteiger partial charge is 0.397 e. The number of pyridine rings is 1. The van der Waals surface area contributed by atoms with Crippen molar-refractivity contribution < 1.29 is 4.39 Å². The SMILES string of the molecule is Nc1cccc(F)c1NCCc1cccnc1. The predicted molar refractivity (Wildman–Crippen MR) is 67.2 cm³/mol. The van der Waals surface area contributed by atoms with Crippen molar-refractivity contribution >= 4 is 11.4 Å². The maximum Gasteiger partial charge on any atom is 0.148 e. The fraction of sp³-hybridized carbons (Fsp3) is 0.154. The van der Waals surface area contributed by atoms with Crippen LogP contribution >= 0.6 is 0 Å². The second kappa shape index (κ2) is 5.30. The smallest absolute Gasteiger partial charge is 0.148 e. The van der Waals surface area contributed by atoms with Gasteiger partial charge in [-0.3, -0.25) is 4.98 Å². The molecular weight excluding hydrogens is 217 g/mol. The second-order valence-electron chi connectivity index (χ2n) is 3.74. The van der Waals surface area contributed by atoms with E-state index in [9.17, 15) is 4.39 Å². The first-order valence-corrected chi connectivity index (χ1v) is 5.44. The third kappa shape index (κ3) is 2.93. The normalized spacial score (nSPS) is 10.2. The van der Waals surface area contributed by atoms with Crippen molar-refractivity contribution in [3.63, 3.8) is 0 Å². The molecule has 1 heterocycles. The lowest BCUT2D eigenvalue weighted by Crippen LogP contribution is -2.08. The van der Waals surface area contributed by atoms with Crippen LogP contribution in [0.4, 0.5) is 15.8 Å². The fourth-order valence-electron chi connectivity index (χ4n) is 1.61. The van der Waals surface area contributed by atoms with Crippen LogP contribution in [0.2, 0.25) is 0 Å². The lowest BCUT2D eigenvalue weighted by Gasteiger charge is -2.09. The molecule has 1 aromatic heterocycles. The van der Waals surface area contributed by atoms with Crippen molar-refractivity contribution in [2.24, 2.45) is 0 Å². The van der Waals surface area contributed by atoms with Gasteiger partial charge in [-0.05, 0) is 30.2 Å². The van der Waals surface area contributed by atoms with Crippen LogP contribution in [0.25, 0.3) is 0 Å². The number of benzene rings is 1. The Bertz CT molecular complexity index is 465. The van der Waals surface area contributed by atoms with Gasteiger partial charge in [-0.15, -0.1) is 0 Å². The molecule has 2 aromatic rings. The number of nitrogens with zero attached hydrogens (tertiary/aromatic N) is 1. The van der Waals surface area contributed by atoms with Gasteiger partial charge in [0.1, 0.15) is 5.82 Å². The number of nitrogens with one attached hydrogen (secondary N) is 1. The summed E-state index contributed by atoms with van der Waals surface area (Å²) in [7, 11) is 0. The summed E-state index contributed by atoms with van der Waals surface area (Å²) in [6.07, 6.45) is 4.31. The quantitative estimate of drug-likeness (QED) is 0.795. The Hall–Kier alpha value is -2.10. The average molecular weight is 231 g/mol. The summed E-state index contributed by atoms with van der Waals surface area (Å²) in [5, 5.41) is 3.00. The third-order valence-electron chi connectivity index (χ3n) is 2.48. The molecule has 0 bridgehead atoms. The van der Waals surface area contributed by atoms with Crippen molar-refractivity contribution in [3.05, 3.63) is 54.1 Å². The molecule has 0 radical (unpaired) electrons. The van der Waals surface area contributed by atoms with Crippen LogP contribution in [-0.2, 0) is 6.42 Å². The van der Waals surface area contributed by atoms with E-state index in [-0.39, 0.29) is 5.82 Å². The molecule has 0 saturated heterocycles. The summed E-state index contributed by atoms with van der Waals surface area (Å²) >= 11 is 0. The molecule has 0 aliphatic heterocycles. The van der Waals surface area contributed by atoms with Gasteiger partial charge >= 0.3 is 0 Å². The number of anilines is 2. The Morgan fingerprint density at radius 1 is 1.24 bits per heavy atom. The zero-order valence-corrected chi connectivity index (χ0v) is 9.36. The van der Waals surface area contributed by atoms with Gasteiger partial charge in [0, 0.05) is 18.9 Å². The summed E-state index contributed by atoms with van der Waals surface area (Å²) in [5.41, 5.74) is 7.59. The standard InChI is InChI=1S/C13H14FN3/c14-11-4-1-5-12(15)13(11)17-8-6-10-3-2-7-16-9-10/h1-5,7,9,17H,6,8,15H2. The number of para-hydroxylation sites is 1. The molecule has 3 N–H and O–H groups in total. The van der Waals surface area contributed by atoms with Gasteiger partial charge in [0.2, 0.25) is 0 Å². The molecule has 88 valence electrons. The van der Waals surface area contributed by atoms with Gasteiger partial charge in [-0.2, -0.15) is 0 Å². The Morgan fingerprint density at radius 2 is 2.12 bits per heavy atom. The average Bonchev–Trinajstić information content (AvgIpc) is 2.34. The zero-order valence-electron chi connectivity index (χ0n) is 9.36.